The Bertz CT molecular complexity index is 755. The molecule has 4 nitrogen and oxygen atoms in total. The second-order valence-electron chi connectivity index (χ2n) is 6.62. The number of carbonyl (C=O) groups excluding carboxylic acids is 1. The molecule has 4 rings (SSSR count). The Labute approximate surface area is 141 Å². The summed E-state index contributed by atoms with van der Waals surface area (Å²) in [4.78, 5) is 12.3. The molecule has 0 spiro atoms. The van der Waals surface area contributed by atoms with Gasteiger partial charge >= 0.3 is 6.09 Å². The number of hydrogen-bond donors (Lipinski definition) is 1. The molecule has 1 aliphatic carbocycles. The third-order valence-corrected chi connectivity index (χ3v) is 5.21. The molecule has 1 fully saturated rings. The number of hydrogen-bond acceptors (Lipinski definition) is 3. The van der Waals surface area contributed by atoms with Gasteiger partial charge in [-0.05, 0) is 30.5 Å². The summed E-state index contributed by atoms with van der Waals surface area (Å²) in [5.41, 5.74) is 2.04. The van der Waals surface area contributed by atoms with Crippen molar-refractivity contribution in [2.45, 2.75) is 31.3 Å². The van der Waals surface area contributed by atoms with Gasteiger partial charge in [0.05, 0.1) is 12.8 Å². The molecule has 0 bridgehead atoms. The number of fused-ring (bicyclic) bond motifs is 1. The van der Waals surface area contributed by atoms with Crippen molar-refractivity contribution in [2.75, 3.05) is 12.4 Å². The number of methoxy groups -OCH3 is 1. The van der Waals surface area contributed by atoms with E-state index in [9.17, 15) is 4.79 Å². The number of anilines is 1. The number of benzene rings is 2. The number of nitrogens with one attached hydrogen (secondary N) is 1. The summed E-state index contributed by atoms with van der Waals surface area (Å²) in [5.74, 6) is 1.34. The predicted molar refractivity (Wildman–Crippen MR) is 92.3 cm³/mol. The molecule has 2 aromatic carbocycles. The third-order valence-electron chi connectivity index (χ3n) is 5.21. The van der Waals surface area contributed by atoms with Crippen LogP contribution in [-0.4, -0.2) is 13.2 Å². The van der Waals surface area contributed by atoms with Gasteiger partial charge in [0.25, 0.3) is 0 Å². The standard InChI is InChI=1S/C20H21NO3/c1-23-16-10-11-18-17(12-16)20(24-19(22)21-18,13-14-6-5-7-14)15-8-3-2-4-9-15/h2-4,8-12,14H,5-7,13H2,1H3,(H,21,22). The molecule has 0 radical (unpaired) electrons. The zero-order valence-corrected chi connectivity index (χ0v) is 13.7. The van der Waals surface area contributed by atoms with Gasteiger partial charge in [-0.1, -0.05) is 49.6 Å². The summed E-state index contributed by atoms with van der Waals surface area (Å²) in [5, 5.41) is 2.83. The number of ether oxygens (including phenoxy) is 2. The number of amides is 1. The van der Waals surface area contributed by atoms with Crippen LogP contribution < -0.4 is 10.1 Å². The first-order valence-electron chi connectivity index (χ1n) is 8.45. The summed E-state index contributed by atoms with van der Waals surface area (Å²) in [6.07, 6.45) is 4.06. The highest BCUT2D eigenvalue weighted by Gasteiger charge is 2.46. The Hall–Kier alpha value is -2.49. The third kappa shape index (κ3) is 2.42. The summed E-state index contributed by atoms with van der Waals surface area (Å²) < 4.78 is 11.4. The van der Waals surface area contributed by atoms with Gasteiger partial charge in [-0.3, -0.25) is 5.32 Å². The summed E-state index contributed by atoms with van der Waals surface area (Å²) in [6.45, 7) is 0. The lowest BCUT2D eigenvalue weighted by Crippen LogP contribution is -2.42. The first kappa shape index (κ1) is 15.1. The molecule has 1 amide bonds. The van der Waals surface area contributed by atoms with Crippen LogP contribution in [0.15, 0.2) is 48.5 Å². The highest BCUT2D eigenvalue weighted by Crippen LogP contribution is 2.49. The van der Waals surface area contributed by atoms with E-state index in [2.05, 4.69) is 5.32 Å². The Balaban J connectivity index is 1.90. The van der Waals surface area contributed by atoms with E-state index in [1.54, 1.807) is 7.11 Å². The largest absolute Gasteiger partial charge is 0.497 e. The van der Waals surface area contributed by atoms with Gasteiger partial charge in [0.15, 0.2) is 5.60 Å². The van der Waals surface area contributed by atoms with E-state index in [4.69, 9.17) is 9.47 Å². The van der Waals surface area contributed by atoms with E-state index in [1.807, 2.05) is 48.5 Å². The van der Waals surface area contributed by atoms with Crippen molar-refractivity contribution in [3.63, 3.8) is 0 Å². The first-order valence-corrected chi connectivity index (χ1v) is 8.45. The van der Waals surface area contributed by atoms with E-state index in [-0.39, 0.29) is 0 Å². The summed E-state index contributed by atoms with van der Waals surface area (Å²) in [7, 11) is 1.65. The first-order chi connectivity index (χ1) is 11.7. The zero-order chi connectivity index (χ0) is 16.6. The van der Waals surface area contributed by atoms with Gasteiger partial charge in [-0.2, -0.15) is 0 Å². The van der Waals surface area contributed by atoms with E-state index in [1.165, 1.54) is 19.3 Å². The van der Waals surface area contributed by atoms with Crippen molar-refractivity contribution >= 4 is 11.8 Å². The molecule has 0 saturated heterocycles. The molecule has 1 heterocycles. The topological polar surface area (TPSA) is 47.6 Å². The fourth-order valence-corrected chi connectivity index (χ4v) is 3.74. The molecular formula is C20H21NO3. The fraction of sp³-hybridized carbons (Fsp3) is 0.350. The smallest absolute Gasteiger partial charge is 0.412 e. The number of rotatable bonds is 4. The van der Waals surface area contributed by atoms with Gasteiger partial charge in [0.1, 0.15) is 5.75 Å². The van der Waals surface area contributed by atoms with Crippen molar-refractivity contribution in [1.29, 1.82) is 0 Å². The zero-order valence-electron chi connectivity index (χ0n) is 13.7. The SMILES string of the molecule is COc1ccc2c(c1)C(CC1CCC1)(c1ccccc1)OC(=O)N2. The second-order valence-corrected chi connectivity index (χ2v) is 6.62. The molecule has 1 aliphatic heterocycles. The minimum absolute atomic E-state index is 0.393. The van der Waals surface area contributed by atoms with E-state index < -0.39 is 11.7 Å². The van der Waals surface area contributed by atoms with Crippen LogP contribution in [0.1, 0.15) is 36.8 Å². The van der Waals surface area contributed by atoms with Gasteiger partial charge in [0, 0.05) is 11.1 Å². The van der Waals surface area contributed by atoms with Crippen molar-refractivity contribution in [1.82, 2.24) is 0 Å². The van der Waals surface area contributed by atoms with E-state index in [0.29, 0.717) is 5.92 Å². The molecular weight excluding hydrogens is 302 g/mol. The number of cyclic esters (lactones) is 1. The molecule has 24 heavy (non-hydrogen) atoms. The highest BCUT2D eigenvalue weighted by molar-refractivity contribution is 5.89. The molecule has 2 aliphatic rings. The monoisotopic (exact) mass is 323 g/mol. The van der Waals surface area contributed by atoms with Crippen molar-refractivity contribution < 1.29 is 14.3 Å². The van der Waals surface area contributed by atoms with Crippen molar-refractivity contribution in [3.8, 4) is 5.75 Å². The van der Waals surface area contributed by atoms with Crippen LogP contribution in [0, 0.1) is 5.92 Å². The Kier molecular flexibility index (Phi) is 3.68. The van der Waals surface area contributed by atoms with Crippen LogP contribution in [0.5, 0.6) is 5.75 Å². The van der Waals surface area contributed by atoms with Gasteiger partial charge in [-0.15, -0.1) is 0 Å². The van der Waals surface area contributed by atoms with Gasteiger partial charge in [-0.25, -0.2) is 4.79 Å². The number of carbonyl (C=O) groups is 1. The average Bonchev–Trinajstić information content (AvgIpc) is 2.58. The minimum atomic E-state index is -0.751. The molecule has 1 saturated carbocycles. The molecule has 1 N–H and O–H groups in total. The maximum absolute atomic E-state index is 12.3. The predicted octanol–water partition coefficient (Wildman–Crippen LogP) is 4.69. The molecule has 4 heteroatoms. The fourth-order valence-electron chi connectivity index (χ4n) is 3.74. The lowest BCUT2D eigenvalue weighted by atomic mass is 9.71. The lowest BCUT2D eigenvalue weighted by Gasteiger charge is -2.43. The summed E-state index contributed by atoms with van der Waals surface area (Å²) in [6, 6.07) is 15.8. The van der Waals surface area contributed by atoms with Crippen molar-refractivity contribution in [2.24, 2.45) is 5.92 Å². The van der Waals surface area contributed by atoms with Crippen LogP contribution in [-0.2, 0) is 10.3 Å². The Morgan fingerprint density at radius 2 is 2.00 bits per heavy atom. The van der Waals surface area contributed by atoms with Gasteiger partial charge in [0.2, 0.25) is 0 Å². The maximum atomic E-state index is 12.3. The van der Waals surface area contributed by atoms with Crippen LogP contribution >= 0.6 is 0 Å². The van der Waals surface area contributed by atoms with Crippen molar-refractivity contribution in [3.05, 3.63) is 59.7 Å². The molecule has 1 atom stereocenters. The van der Waals surface area contributed by atoms with Crippen LogP contribution in [0.3, 0.4) is 0 Å². The quantitative estimate of drug-likeness (QED) is 0.888. The van der Waals surface area contributed by atoms with Crippen LogP contribution in [0.2, 0.25) is 0 Å². The molecule has 124 valence electrons. The van der Waals surface area contributed by atoms with E-state index in [0.717, 1.165) is 29.0 Å². The van der Waals surface area contributed by atoms with Gasteiger partial charge < -0.3 is 9.47 Å². The van der Waals surface area contributed by atoms with E-state index >= 15 is 0 Å². The molecule has 0 aromatic heterocycles. The average molecular weight is 323 g/mol. The molecule has 1 unspecified atom stereocenters. The van der Waals surface area contributed by atoms with Crippen LogP contribution in [0.4, 0.5) is 10.5 Å². The second kappa shape index (κ2) is 5.86. The Morgan fingerprint density at radius 3 is 2.67 bits per heavy atom. The minimum Gasteiger partial charge on any atom is -0.497 e. The van der Waals surface area contributed by atoms with Crippen LogP contribution in [0.25, 0.3) is 0 Å². The summed E-state index contributed by atoms with van der Waals surface area (Å²) >= 11 is 0. The Morgan fingerprint density at radius 1 is 1.21 bits per heavy atom. The maximum Gasteiger partial charge on any atom is 0.412 e. The highest BCUT2D eigenvalue weighted by atomic mass is 16.6. The molecule has 2 aromatic rings. The lowest BCUT2D eigenvalue weighted by molar-refractivity contribution is 0.0136. The normalized spacial score (nSPS) is 22.8.